The van der Waals surface area contributed by atoms with E-state index in [0.717, 1.165) is 23.2 Å². The van der Waals surface area contributed by atoms with Gasteiger partial charge in [0.2, 0.25) is 0 Å². The average molecular weight is 397 g/mol. The number of carbonyl (C=O) groups is 1. The van der Waals surface area contributed by atoms with Gasteiger partial charge >= 0.3 is 0 Å². The van der Waals surface area contributed by atoms with E-state index in [2.05, 4.69) is 64.7 Å². The van der Waals surface area contributed by atoms with Crippen LogP contribution in [0.3, 0.4) is 0 Å². The molecule has 0 saturated heterocycles. The lowest BCUT2D eigenvalue weighted by molar-refractivity contribution is 0.102. The number of benzene rings is 3. The van der Waals surface area contributed by atoms with Crippen LogP contribution in [-0.2, 0) is 6.54 Å². The predicted molar refractivity (Wildman–Crippen MR) is 123 cm³/mol. The first kappa shape index (κ1) is 17.7. The number of fused-ring (bicyclic) bond motifs is 3. The van der Waals surface area contributed by atoms with Gasteiger partial charge in [0, 0.05) is 44.5 Å². The van der Waals surface area contributed by atoms with Crippen LogP contribution in [0.15, 0.2) is 84.2 Å². The van der Waals surface area contributed by atoms with Crippen molar-refractivity contribution < 1.29 is 4.79 Å². The summed E-state index contributed by atoms with van der Waals surface area (Å²) in [4.78, 5) is 14.0. The summed E-state index contributed by atoms with van der Waals surface area (Å²) in [7, 11) is 0. The van der Waals surface area contributed by atoms with E-state index < -0.39 is 0 Å². The first-order chi connectivity index (χ1) is 14.2. The lowest BCUT2D eigenvalue weighted by Crippen LogP contribution is -2.11. The number of para-hydroxylation sites is 1. The van der Waals surface area contributed by atoms with Crippen molar-refractivity contribution in [3.05, 3.63) is 89.8 Å². The molecule has 2 heterocycles. The standard InChI is InChI=1S/C25H20N2OS/c1-2-27-22-7-4-3-6-20(22)21-16-19(13-14-23(21)27)26-25(28)18-11-9-17(10-12-18)24-8-5-15-29-24/h3-16H,2H2,1H3,(H,26,28). The fourth-order valence-corrected chi connectivity index (χ4v) is 4.64. The third kappa shape index (κ3) is 3.12. The summed E-state index contributed by atoms with van der Waals surface area (Å²) in [6.45, 7) is 3.06. The minimum atomic E-state index is -0.0960. The lowest BCUT2D eigenvalue weighted by Gasteiger charge is -2.07. The Hall–Kier alpha value is -3.37. The quantitative estimate of drug-likeness (QED) is 0.356. The Morgan fingerprint density at radius 1 is 0.897 bits per heavy atom. The van der Waals surface area contributed by atoms with Crippen molar-refractivity contribution >= 4 is 44.7 Å². The minimum Gasteiger partial charge on any atom is -0.341 e. The molecule has 0 unspecified atom stereocenters. The van der Waals surface area contributed by atoms with Crippen LogP contribution in [0.4, 0.5) is 5.69 Å². The van der Waals surface area contributed by atoms with E-state index in [1.165, 1.54) is 21.3 Å². The number of aryl methyl sites for hydroxylation is 1. The fourth-order valence-electron chi connectivity index (χ4n) is 3.90. The van der Waals surface area contributed by atoms with Crippen molar-refractivity contribution in [2.45, 2.75) is 13.5 Å². The van der Waals surface area contributed by atoms with Gasteiger partial charge in [0.25, 0.3) is 5.91 Å². The van der Waals surface area contributed by atoms with Gasteiger partial charge in [-0.3, -0.25) is 4.79 Å². The highest BCUT2D eigenvalue weighted by molar-refractivity contribution is 7.13. The number of hydrogen-bond acceptors (Lipinski definition) is 2. The monoisotopic (exact) mass is 396 g/mol. The zero-order valence-corrected chi connectivity index (χ0v) is 16.9. The molecule has 0 aliphatic rings. The first-order valence-corrected chi connectivity index (χ1v) is 10.6. The van der Waals surface area contributed by atoms with E-state index in [-0.39, 0.29) is 5.91 Å². The molecule has 3 aromatic carbocycles. The van der Waals surface area contributed by atoms with Crippen LogP contribution >= 0.6 is 11.3 Å². The summed E-state index contributed by atoms with van der Waals surface area (Å²) >= 11 is 1.70. The van der Waals surface area contributed by atoms with Gasteiger partial charge in [-0.25, -0.2) is 0 Å². The van der Waals surface area contributed by atoms with Gasteiger partial charge in [0.05, 0.1) is 0 Å². The molecule has 0 saturated carbocycles. The highest BCUT2D eigenvalue weighted by Crippen LogP contribution is 2.31. The van der Waals surface area contributed by atoms with Gasteiger partial charge in [0.1, 0.15) is 0 Å². The van der Waals surface area contributed by atoms with E-state index in [9.17, 15) is 4.79 Å². The Kier molecular flexibility index (Phi) is 4.41. The second-order valence-corrected chi connectivity index (χ2v) is 7.95. The number of hydrogen-bond donors (Lipinski definition) is 1. The second-order valence-electron chi connectivity index (χ2n) is 7.00. The van der Waals surface area contributed by atoms with Crippen molar-refractivity contribution in [3.63, 3.8) is 0 Å². The van der Waals surface area contributed by atoms with Crippen LogP contribution in [0.25, 0.3) is 32.2 Å². The number of nitrogens with one attached hydrogen (secondary N) is 1. The smallest absolute Gasteiger partial charge is 0.255 e. The molecule has 29 heavy (non-hydrogen) atoms. The SMILES string of the molecule is CCn1c2ccccc2c2cc(NC(=O)c3ccc(-c4cccs4)cc3)ccc21. The highest BCUT2D eigenvalue weighted by atomic mass is 32.1. The van der Waals surface area contributed by atoms with Gasteiger partial charge in [-0.1, -0.05) is 36.4 Å². The highest BCUT2D eigenvalue weighted by Gasteiger charge is 2.12. The van der Waals surface area contributed by atoms with Gasteiger partial charge in [-0.2, -0.15) is 0 Å². The zero-order valence-electron chi connectivity index (χ0n) is 16.1. The molecule has 0 atom stereocenters. The molecule has 3 nitrogen and oxygen atoms in total. The summed E-state index contributed by atoms with van der Waals surface area (Å²) in [6.07, 6.45) is 0. The van der Waals surface area contributed by atoms with E-state index in [4.69, 9.17) is 0 Å². The molecular weight excluding hydrogens is 376 g/mol. The van der Waals surface area contributed by atoms with Gasteiger partial charge in [-0.05, 0) is 60.3 Å². The molecule has 0 bridgehead atoms. The third-order valence-electron chi connectivity index (χ3n) is 5.30. The van der Waals surface area contributed by atoms with Crippen molar-refractivity contribution in [1.29, 1.82) is 0 Å². The Morgan fingerprint density at radius 2 is 1.69 bits per heavy atom. The first-order valence-electron chi connectivity index (χ1n) is 9.71. The summed E-state index contributed by atoms with van der Waals surface area (Å²) < 4.78 is 2.31. The minimum absolute atomic E-state index is 0.0960. The summed E-state index contributed by atoms with van der Waals surface area (Å²) in [5, 5.41) is 7.48. The molecule has 4 heteroatoms. The third-order valence-corrected chi connectivity index (χ3v) is 6.22. The molecule has 5 rings (SSSR count). The average Bonchev–Trinajstić information content (AvgIpc) is 3.40. The van der Waals surface area contributed by atoms with Crippen molar-refractivity contribution in [2.24, 2.45) is 0 Å². The number of anilines is 1. The van der Waals surface area contributed by atoms with Gasteiger partial charge < -0.3 is 9.88 Å². The maximum Gasteiger partial charge on any atom is 0.255 e. The van der Waals surface area contributed by atoms with E-state index in [1.54, 1.807) is 11.3 Å². The van der Waals surface area contributed by atoms with E-state index >= 15 is 0 Å². The van der Waals surface area contributed by atoms with Crippen LogP contribution in [-0.4, -0.2) is 10.5 Å². The van der Waals surface area contributed by atoms with Crippen molar-refractivity contribution in [2.75, 3.05) is 5.32 Å². The van der Waals surface area contributed by atoms with Crippen LogP contribution in [0.5, 0.6) is 0 Å². The molecule has 0 aliphatic heterocycles. The molecule has 2 aromatic heterocycles. The molecule has 1 amide bonds. The van der Waals surface area contributed by atoms with E-state index in [0.29, 0.717) is 5.56 Å². The number of rotatable bonds is 4. The Balaban J connectivity index is 1.45. The molecule has 0 aliphatic carbocycles. The molecular formula is C25H20N2OS. The molecule has 0 radical (unpaired) electrons. The molecule has 1 N–H and O–H groups in total. The number of amides is 1. The fraction of sp³-hybridized carbons (Fsp3) is 0.0800. The predicted octanol–water partition coefficient (Wildman–Crippen LogP) is 6.80. The normalized spacial score (nSPS) is 11.2. The molecule has 0 fully saturated rings. The Labute approximate surface area is 173 Å². The number of aromatic nitrogens is 1. The summed E-state index contributed by atoms with van der Waals surface area (Å²) in [5.74, 6) is -0.0960. The van der Waals surface area contributed by atoms with Crippen molar-refractivity contribution in [3.8, 4) is 10.4 Å². The topological polar surface area (TPSA) is 34.0 Å². The second kappa shape index (κ2) is 7.22. The van der Waals surface area contributed by atoms with Crippen LogP contribution in [0.2, 0.25) is 0 Å². The van der Waals surface area contributed by atoms with E-state index in [1.807, 2.05) is 36.4 Å². The van der Waals surface area contributed by atoms with Gasteiger partial charge in [0.15, 0.2) is 0 Å². The largest absolute Gasteiger partial charge is 0.341 e. The Morgan fingerprint density at radius 3 is 2.45 bits per heavy atom. The number of nitrogens with zero attached hydrogens (tertiary/aromatic N) is 1. The Bertz CT molecular complexity index is 1310. The van der Waals surface area contributed by atoms with Crippen LogP contribution in [0, 0.1) is 0 Å². The van der Waals surface area contributed by atoms with Crippen LogP contribution in [0.1, 0.15) is 17.3 Å². The van der Waals surface area contributed by atoms with Gasteiger partial charge in [-0.15, -0.1) is 11.3 Å². The summed E-state index contributed by atoms with van der Waals surface area (Å²) in [6, 6.07) is 26.4. The maximum absolute atomic E-state index is 12.8. The molecule has 0 spiro atoms. The lowest BCUT2D eigenvalue weighted by atomic mass is 10.1. The number of carbonyl (C=O) groups excluding carboxylic acids is 1. The molecule has 5 aromatic rings. The summed E-state index contributed by atoms with van der Waals surface area (Å²) in [5.41, 5.74) is 5.00. The van der Waals surface area contributed by atoms with Crippen molar-refractivity contribution in [1.82, 2.24) is 4.57 Å². The molecule has 142 valence electrons. The van der Waals surface area contributed by atoms with Crippen LogP contribution < -0.4 is 5.32 Å². The number of thiophene rings is 1. The zero-order chi connectivity index (χ0) is 19.8. The maximum atomic E-state index is 12.8.